The third kappa shape index (κ3) is 3.84. The van der Waals surface area contributed by atoms with Gasteiger partial charge in [0.15, 0.2) is 0 Å². The molecule has 1 heterocycles. The molecule has 1 atom stereocenters. The number of ether oxygens (including phenoxy) is 1. The first-order chi connectivity index (χ1) is 16.3. The highest BCUT2D eigenvalue weighted by atomic mass is 16.6. The van der Waals surface area contributed by atoms with Crippen molar-refractivity contribution < 1.29 is 24.4 Å². The van der Waals surface area contributed by atoms with E-state index < -0.39 is 28.4 Å². The second-order valence-corrected chi connectivity index (χ2v) is 7.41. The average Bonchev–Trinajstić information content (AvgIpc) is 3.14. The predicted octanol–water partition coefficient (Wildman–Crippen LogP) is 4.10. The first-order valence-electron chi connectivity index (χ1n) is 10.1. The molecule has 4 rings (SSSR count). The van der Waals surface area contributed by atoms with Crippen LogP contribution in [-0.2, 0) is 9.59 Å². The van der Waals surface area contributed by atoms with Crippen LogP contribution in [0.2, 0.25) is 0 Å². The van der Waals surface area contributed by atoms with Gasteiger partial charge in [0.1, 0.15) is 11.5 Å². The first kappa shape index (κ1) is 22.2. The first-order valence-corrected chi connectivity index (χ1v) is 10.1. The molecule has 9 heteroatoms. The molecule has 1 aliphatic heterocycles. The molecule has 168 valence electrons. The van der Waals surface area contributed by atoms with E-state index in [0.717, 1.165) is 6.07 Å². The number of benzene rings is 3. The molecule has 0 bridgehead atoms. The maximum absolute atomic E-state index is 13.1. The second kappa shape index (κ2) is 8.88. The van der Waals surface area contributed by atoms with E-state index in [4.69, 9.17) is 10.00 Å². The fourth-order valence-electron chi connectivity index (χ4n) is 3.82. The number of nitriles is 1. The molecule has 1 N–H and O–H groups in total. The lowest BCUT2D eigenvalue weighted by Gasteiger charge is -2.25. The lowest BCUT2D eigenvalue weighted by atomic mass is 9.95. The molecule has 1 saturated heterocycles. The van der Waals surface area contributed by atoms with Crippen molar-refractivity contribution in [3.05, 3.63) is 105 Å². The number of ketones is 1. The van der Waals surface area contributed by atoms with E-state index >= 15 is 0 Å². The maximum Gasteiger partial charge on any atom is 0.300 e. The molecule has 0 aromatic heterocycles. The summed E-state index contributed by atoms with van der Waals surface area (Å²) < 4.78 is 5.19. The number of aliphatic hydroxyl groups is 1. The van der Waals surface area contributed by atoms with Crippen LogP contribution < -0.4 is 9.64 Å². The summed E-state index contributed by atoms with van der Waals surface area (Å²) in [6, 6.07) is 18.9. The Bertz CT molecular complexity index is 1370. The van der Waals surface area contributed by atoms with Crippen molar-refractivity contribution in [1.82, 2.24) is 0 Å². The van der Waals surface area contributed by atoms with Gasteiger partial charge in [-0.15, -0.1) is 0 Å². The molecule has 0 saturated carbocycles. The Morgan fingerprint density at radius 2 is 1.76 bits per heavy atom. The molecular formula is C25H17N3O6. The summed E-state index contributed by atoms with van der Waals surface area (Å²) in [4.78, 5) is 38.1. The quantitative estimate of drug-likeness (QED) is 0.201. The van der Waals surface area contributed by atoms with Crippen LogP contribution in [0.25, 0.3) is 5.76 Å². The van der Waals surface area contributed by atoms with Crippen LogP contribution in [0.4, 0.5) is 11.4 Å². The zero-order valence-electron chi connectivity index (χ0n) is 17.8. The predicted molar refractivity (Wildman–Crippen MR) is 122 cm³/mol. The molecule has 1 fully saturated rings. The van der Waals surface area contributed by atoms with Crippen LogP contribution in [0.3, 0.4) is 0 Å². The Morgan fingerprint density at radius 3 is 2.35 bits per heavy atom. The Labute approximate surface area is 193 Å². The zero-order chi connectivity index (χ0) is 24.4. The minimum absolute atomic E-state index is 0.0329. The molecule has 0 radical (unpaired) electrons. The van der Waals surface area contributed by atoms with Crippen molar-refractivity contribution in [2.75, 3.05) is 12.0 Å². The number of non-ortho nitro benzene ring substituents is 1. The normalized spacial score (nSPS) is 16.8. The molecule has 1 aliphatic rings. The standard InChI is InChI=1S/C25H17N3O6/c1-34-20-11-7-16(8-12-20)22-21(23(29)17-3-2-4-19(13-17)28(32)33)24(30)25(31)27(22)18-9-5-15(14-26)6-10-18/h2-13,22,29H,1H3/b23-21-. The second-order valence-electron chi connectivity index (χ2n) is 7.41. The van der Waals surface area contributed by atoms with Gasteiger partial charge in [-0.25, -0.2) is 0 Å². The van der Waals surface area contributed by atoms with Gasteiger partial charge in [-0.2, -0.15) is 5.26 Å². The Morgan fingerprint density at radius 1 is 1.09 bits per heavy atom. The number of nitrogens with zero attached hydrogens (tertiary/aromatic N) is 3. The van der Waals surface area contributed by atoms with Gasteiger partial charge in [-0.1, -0.05) is 24.3 Å². The van der Waals surface area contributed by atoms with E-state index in [1.165, 1.54) is 54.5 Å². The molecule has 9 nitrogen and oxygen atoms in total. The minimum Gasteiger partial charge on any atom is -0.507 e. The summed E-state index contributed by atoms with van der Waals surface area (Å²) >= 11 is 0. The fraction of sp³-hybridized carbons (Fsp3) is 0.0800. The van der Waals surface area contributed by atoms with Gasteiger partial charge < -0.3 is 9.84 Å². The van der Waals surface area contributed by atoms with Crippen LogP contribution in [0.5, 0.6) is 5.75 Å². The topological polar surface area (TPSA) is 134 Å². The number of amides is 1. The SMILES string of the molecule is COc1ccc(C2/C(=C(/O)c3cccc([N+](=O)[O-])c3)C(=O)C(=O)N2c2ccc(C#N)cc2)cc1. The van der Waals surface area contributed by atoms with Gasteiger partial charge in [0.05, 0.1) is 35.3 Å². The molecule has 3 aromatic carbocycles. The number of nitro benzene ring substituents is 1. The number of hydrogen-bond donors (Lipinski definition) is 1. The van der Waals surface area contributed by atoms with Crippen molar-refractivity contribution in [3.63, 3.8) is 0 Å². The lowest BCUT2D eigenvalue weighted by molar-refractivity contribution is -0.384. The number of nitro groups is 1. The number of rotatable bonds is 5. The maximum atomic E-state index is 13.1. The molecule has 1 unspecified atom stereocenters. The Kier molecular flexibility index (Phi) is 5.80. The van der Waals surface area contributed by atoms with E-state index in [2.05, 4.69) is 0 Å². The number of hydrogen-bond acceptors (Lipinski definition) is 7. The molecule has 3 aromatic rings. The largest absolute Gasteiger partial charge is 0.507 e. The van der Waals surface area contributed by atoms with Crippen LogP contribution >= 0.6 is 0 Å². The molecule has 1 amide bonds. The summed E-state index contributed by atoms with van der Waals surface area (Å²) in [5.74, 6) is -1.79. The Hall–Kier alpha value is -4.97. The van der Waals surface area contributed by atoms with E-state index in [0.29, 0.717) is 22.6 Å². The van der Waals surface area contributed by atoms with E-state index in [1.807, 2.05) is 6.07 Å². The van der Waals surface area contributed by atoms with Crippen LogP contribution in [0.15, 0.2) is 78.4 Å². The van der Waals surface area contributed by atoms with Gasteiger partial charge in [0.2, 0.25) is 0 Å². The monoisotopic (exact) mass is 455 g/mol. The van der Waals surface area contributed by atoms with Gasteiger partial charge in [-0.05, 0) is 42.0 Å². The van der Waals surface area contributed by atoms with Crippen molar-refractivity contribution in [3.8, 4) is 11.8 Å². The van der Waals surface area contributed by atoms with Gasteiger partial charge in [0.25, 0.3) is 17.4 Å². The smallest absolute Gasteiger partial charge is 0.300 e. The minimum atomic E-state index is -1.02. The third-order valence-corrected chi connectivity index (χ3v) is 5.48. The van der Waals surface area contributed by atoms with E-state index in [-0.39, 0.29) is 16.8 Å². The third-order valence-electron chi connectivity index (χ3n) is 5.48. The Balaban J connectivity index is 1.93. The molecule has 34 heavy (non-hydrogen) atoms. The molecular weight excluding hydrogens is 438 g/mol. The summed E-state index contributed by atoms with van der Waals surface area (Å²) in [6.45, 7) is 0. The van der Waals surface area contributed by atoms with E-state index in [9.17, 15) is 24.8 Å². The lowest BCUT2D eigenvalue weighted by Crippen LogP contribution is -2.29. The summed E-state index contributed by atoms with van der Waals surface area (Å²) in [5, 5.41) is 31.4. The number of Topliss-reactive ketones (excluding diaryl/α,β-unsaturated/α-hetero) is 1. The van der Waals surface area contributed by atoms with Crippen molar-refractivity contribution >= 4 is 28.8 Å². The van der Waals surface area contributed by atoms with Crippen molar-refractivity contribution in [2.24, 2.45) is 0 Å². The highest BCUT2D eigenvalue weighted by molar-refractivity contribution is 6.51. The van der Waals surface area contributed by atoms with Gasteiger partial charge in [-0.3, -0.25) is 24.6 Å². The average molecular weight is 455 g/mol. The number of carbonyl (C=O) groups excluding carboxylic acids is 2. The number of aliphatic hydroxyl groups excluding tert-OH is 1. The molecule has 0 spiro atoms. The summed E-state index contributed by atoms with van der Waals surface area (Å²) in [5.41, 5.74) is 0.784. The number of carbonyl (C=O) groups is 2. The van der Waals surface area contributed by atoms with Crippen LogP contribution in [-0.4, -0.2) is 28.8 Å². The highest BCUT2D eigenvalue weighted by Crippen LogP contribution is 2.42. The number of anilines is 1. The van der Waals surface area contributed by atoms with Gasteiger partial charge in [0, 0.05) is 23.4 Å². The number of methoxy groups -OCH3 is 1. The van der Waals surface area contributed by atoms with Crippen molar-refractivity contribution in [2.45, 2.75) is 6.04 Å². The van der Waals surface area contributed by atoms with Crippen LogP contribution in [0, 0.1) is 21.4 Å². The summed E-state index contributed by atoms with van der Waals surface area (Å²) in [7, 11) is 1.50. The fourth-order valence-corrected chi connectivity index (χ4v) is 3.82. The highest BCUT2D eigenvalue weighted by Gasteiger charge is 2.47. The van der Waals surface area contributed by atoms with Gasteiger partial charge >= 0.3 is 0 Å². The van der Waals surface area contributed by atoms with Crippen molar-refractivity contribution in [1.29, 1.82) is 5.26 Å². The van der Waals surface area contributed by atoms with Crippen LogP contribution in [0.1, 0.15) is 22.7 Å². The zero-order valence-corrected chi connectivity index (χ0v) is 17.8. The summed E-state index contributed by atoms with van der Waals surface area (Å²) in [6.07, 6.45) is 0. The molecule has 0 aliphatic carbocycles. The van der Waals surface area contributed by atoms with E-state index in [1.54, 1.807) is 24.3 Å².